The average molecular weight is 249 g/mol. The molecule has 2 rings (SSSR count). The standard InChI is InChI=1S/C13H13ClN2O/c1-8-6-9(2)16(13(17)12(8)15)11-5-3-4-10(14)7-11/h3-7H,15H2,1-2H3. The molecule has 17 heavy (non-hydrogen) atoms. The largest absolute Gasteiger partial charge is 0.394 e. The number of halogens is 1. The highest BCUT2D eigenvalue weighted by molar-refractivity contribution is 6.30. The lowest BCUT2D eigenvalue weighted by atomic mass is 10.2. The maximum Gasteiger partial charge on any atom is 0.278 e. The first-order chi connectivity index (χ1) is 8.00. The zero-order chi connectivity index (χ0) is 12.6. The summed E-state index contributed by atoms with van der Waals surface area (Å²) < 4.78 is 1.56. The zero-order valence-corrected chi connectivity index (χ0v) is 10.5. The lowest BCUT2D eigenvalue weighted by Gasteiger charge is -2.12. The predicted molar refractivity (Wildman–Crippen MR) is 70.9 cm³/mol. The summed E-state index contributed by atoms with van der Waals surface area (Å²) in [6, 6.07) is 9.03. The number of benzene rings is 1. The molecule has 3 nitrogen and oxygen atoms in total. The second-order valence-electron chi connectivity index (χ2n) is 4.00. The Balaban J connectivity index is 2.77. The van der Waals surface area contributed by atoms with E-state index >= 15 is 0 Å². The van der Waals surface area contributed by atoms with Crippen molar-refractivity contribution in [1.82, 2.24) is 4.57 Å². The molecule has 0 aliphatic heterocycles. The molecule has 1 aromatic carbocycles. The van der Waals surface area contributed by atoms with E-state index in [-0.39, 0.29) is 11.2 Å². The van der Waals surface area contributed by atoms with E-state index < -0.39 is 0 Å². The number of pyridine rings is 1. The third-order valence-corrected chi connectivity index (χ3v) is 2.94. The molecule has 0 radical (unpaired) electrons. The molecule has 0 unspecified atom stereocenters. The lowest BCUT2D eigenvalue weighted by molar-refractivity contribution is 0.932. The molecule has 0 saturated heterocycles. The van der Waals surface area contributed by atoms with E-state index in [1.54, 1.807) is 22.8 Å². The first-order valence-corrected chi connectivity index (χ1v) is 5.63. The minimum Gasteiger partial charge on any atom is -0.394 e. The number of anilines is 1. The summed E-state index contributed by atoms with van der Waals surface area (Å²) in [7, 11) is 0. The van der Waals surface area contributed by atoms with Gasteiger partial charge in [-0.05, 0) is 43.7 Å². The van der Waals surface area contributed by atoms with Gasteiger partial charge < -0.3 is 5.73 Å². The predicted octanol–water partition coefficient (Wildman–Crippen LogP) is 2.69. The van der Waals surface area contributed by atoms with Gasteiger partial charge in [-0.2, -0.15) is 0 Å². The summed E-state index contributed by atoms with van der Waals surface area (Å²) in [6.07, 6.45) is 0. The van der Waals surface area contributed by atoms with Gasteiger partial charge in [0.15, 0.2) is 0 Å². The van der Waals surface area contributed by atoms with Gasteiger partial charge in [0.05, 0.1) is 5.69 Å². The highest BCUT2D eigenvalue weighted by atomic mass is 35.5. The summed E-state index contributed by atoms with van der Waals surface area (Å²) in [6.45, 7) is 3.70. The molecule has 0 bridgehead atoms. The van der Waals surface area contributed by atoms with Gasteiger partial charge in [0.2, 0.25) is 0 Å². The SMILES string of the molecule is Cc1cc(C)n(-c2cccc(Cl)c2)c(=O)c1N. The van der Waals surface area contributed by atoms with E-state index in [1.807, 2.05) is 26.0 Å². The van der Waals surface area contributed by atoms with Gasteiger partial charge in [-0.25, -0.2) is 0 Å². The third kappa shape index (κ3) is 2.06. The molecule has 0 atom stereocenters. The van der Waals surface area contributed by atoms with Crippen molar-refractivity contribution in [2.24, 2.45) is 0 Å². The van der Waals surface area contributed by atoms with Crippen LogP contribution in [0.15, 0.2) is 35.1 Å². The van der Waals surface area contributed by atoms with Crippen LogP contribution in [0.25, 0.3) is 5.69 Å². The van der Waals surface area contributed by atoms with Gasteiger partial charge in [0.25, 0.3) is 5.56 Å². The number of hydrogen-bond acceptors (Lipinski definition) is 2. The first kappa shape index (κ1) is 11.7. The van der Waals surface area contributed by atoms with Gasteiger partial charge in [0.1, 0.15) is 5.69 Å². The van der Waals surface area contributed by atoms with Gasteiger partial charge >= 0.3 is 0 Å². The van der Waals surface area contributed by atoms with E-state index in [2.05, 4.69) is 0 Å². The highest BCUT2D eigenvalue weighted by Gasteiger charge is 2.09. The Morgan fingerprint density at radius 1 is 1.24 bits per heavy atom. The number of nitrogen functional groups attached to an aromatic ring is 1. The Bertz CT molecular complexity index is 632. The van der Waals surface area contributed by atoms with Crippen molar-refractivity contribution >= 4 is 17.3 Å². The van der Waals surface area contributed by atoms with Crippen molar-refractivity contribution in [2.75, 3.05) is 5.73 Å². The van der Waals surface area contributed by atoms with Crippen LogP contribution in [0.2, 0.25) is 5.02 Å². The number of hydrogen-bond donors (Lipinski definition) is 1. The number of aromatic nitrogens is 1. The fraction of sp³-hybridized carbons (Fsp3) is 0.154. The topological polar surface area (TPSA) is 48.0 Å². The van der Waals surface area contributed by atoms with Gasteiger partial charge in [-0.3, -0.25) is 9.36 Å². The molecule has 88 valence electrons. The van der Waals surface area contributed by atoms with E-state index in [4.69, 9.17) is 17.3 Å². The highest BCUT2D eigenvalue weighted by Crippen LogP contribution is 2.17. The molecule has 4 heteroatoms. The average Bonchev–Trinajstić information content (AvgIpc) is 2.26. The van der Waals surface area contributed by atoms with E-state index in [0.717, 1.165) is 16.9 Å². The maximum atomic E-state index is 12.1. The molecular weight excluding hydrogens is 236 g/mol. The van der Waals surface area contributed by atoms with Gasteiger partial charge in [-0.1, -0.05) is 17.7 Å². The Hall–Kier alpha value is -1.74. The van der Waals surface area contributed by atoms with E-state index in [1.165, 1.54) is 0 Å². The zero-order valence-electron chi connectivity index (χ0n) is 9.70. The fourth-order valence-electron chi connectivity index (χ4n) is 1.84. The summed E-state index contributed by atoms with van der Waals surface area (Å²) in [5.74, 6) is 0. The minimum atomic E-state index is -0.204. The molecular formula is C13H13ClN2O. The summed E-state index contributed by atoms with van der Waals surface area (Å²) in [5.41, 5.74) is 8.19. The monoisotopic (exact) mass is 248 g/mol. The molecule has 0 fully saturated rings. The first-order valence-electron chi connectivity index (χ1n) is 5.25. The number of rotatable bonds is 1. The molecule has 1 aromatic heterocycles. The molecule has 0 amide bonds. The molecule has 0 aliphatic rings. The van der Waals surface area contributed by atoms with Crippen molar-refractivity contribution in [3.63, 3.8) is 0 Å². The van der Waals surface area contributed by atoms with Crippen molar-refractivity contribution < 1.29 is 0 Å². The summed E-state index contributed by atoms with van der Waals surface area (Å²) >= 11 is 5.92. The third-order valence-electron chi connectivity index (χ3n) is 2.70. The lowest BCUT2D eigenvalue weighted by Crippen LogP contribution is -2.24. The van der Waals surface area contributed by atoms with Crippen LogP contribution in [0.5, 0.6) is 0 Å². The second kappa shape index (κ2) is 4.26. The molecule has 2 aromatic rings. The van der Waals surface area contributed by atoms with Crippen molar-refractivity contribution in [2.45, 2.75) is 13.8 Å². The normalized spacial score (nSPS) is 10.5. The van der Waals surface area contributed by atoms with Gasteiger partial charge in [-0.15, -0.1) is 0 Å². The van der Waals surface area contributed by atoms with Crippen LogP contribution in [-0.4, -0.2) is 4.57 Å². The van der Waals surface area contributed by atoms with Crippen LogP contribution in [0.3, 0.4) is 0 Å². The molecule has 0 saturated carbocycles. The van der Waals surface area contributed by atoms with Crippen molar-refractivity contribution in [3.05, 3.63) is 57.0 Å². The Morgan fingerprint density at radius 3 is 2.59 bits per heavy atom. The number of nitrogens with zero attached hydrogens (tertiary/aromatic N) is 1. The fourth-order valence-corrected chi connectivity index (χ4v) is 2.03. The van der Waals surface area contributed by atoms with Crippen LogP contribution >= 0.6 is 11.6 Å². The van der Waals surface area contributed by atoms with Gasteiger partial charge in [0, 0.05) is 10.7 Å². The number of aryl methyl sites for hydroxylation is 2. The Labute approximate surface area is 104 Å². The van der Waals surface area contributed by atoms with E-state index in [0.29, 0.717) is 5.02 Å². The maximum absolute atomic E-state index is 12.1. The second-order valence-corrected chi connectivity index (χ2v) is 4.44. The van der Waals surface area contributed by atoms with Crippen molar-refractivity contribution in [1.29, 1.82) is 0 Å². The van der Waals surface area contributed by atoms with Crippen LogP contribution in [0, 0.1) is 13.8 Å². The van der Waals surface area contributed by atoms with Crippen LogP contribution < -0.4 is 11.3 Å². The van der Waals surface area contributed by atoms with Crippen LogP contribution in [0.1, 0.15) is 11.3 Å². The van der Waals surface area contributed by atoms with Crippen LogP contribution in [-0.2, 0) is 0 Å². The molecule has 1 heterocycles. The smallest absolute Gasteiger partial charge is 0.278 e. The Morgan fingerprint density at radius 2 is 1.94 bits per heavy atom. The minimum absolute atomic E-state index is 0.204. The Kier molecular flexibility index (Phi) is 2.94. The van der Waals surface area contributed by atoms with Crippen LogP contribution in [0.4, 0.5) is 5.69 Å². The molecule has 0 spiro atoms. The summed E-state index contributed by atoms with van der Waals surface area (Å²) in [5, 5.41) is 0.591. The molecule has 2 N–H and O–H groups in total. The molecule has 0 aliphatic carbocycles. The quantitative estimate of drug-likeness (QED) is 0.844. The van der Waals surface area contributed by atoms with Crippen molar-refractivity contribution in [3.8, 4) is 5.69 Å². The van der Waals surface area contributed by atoms with E-state index in [9.17, 15) is 4.79 Å². The summed E-state index contributed by atoms with van der Waals surface area (Å²) in [4.78, 5) is 12.1. The number of nitrogens with two attached hydrogens (primary N) is 1.